The second-order valence-corrected chi connectivity index (χ2v) is 10.4. The molecular weight excluding hydrogens is 357 g/mol. The number of carbonyl (C=O) groups excluding carboxylic acids is 1. The van der Waals surface area contributed by atoms with E-state index >= 15 is 0 Å². The van der Waals surface area contributed by atoms with Crippen molar-refractivity contribution in [2.75, 3.05) is 6.16 Å². The molecule has 1 heterocycles. The summed E-state index contributed by atoms with van der Waals surface area (Å²) in [6.07, 6.45) is 4.70. The molecule has 0 aromatic heterocycles. The highest BCUT2D eigenvalue weighted by Crippen LogP contribution is 2.49. The molecule has 0 spiro atoms. The molecule has 0 amide bonds. The molecule has 6 atom stereocenters. The minimum absolute atomic E-state index is 0.0875. The maximum Gasteiger partial charge on any atom is 0.143 e. The molecule has 0 radical (unpaired) electrons. The highest BCUT2D eigenvalue weighted by atomic mass is 31.2. The van der Waals surface area contributed by atoms with Gasteiger partial charge in [0.05, 0.1) is 24.5 Å². The number of hydrogen-bond acceptors (Lipinski definition) is 4. The zero-order valence-electron chi connectivity index (χ0n) is 19.9. The summed E-state index contributed by atoms with van der Waals surface area (Å²) in [4.78, 5) is 13.0. The Morgan fingerprint density at radius 2 is 1.78 bits per heavy atom. The van der Waals surface area contributed by atoms with Crippen LogP contribution in [0.1, 0.15) is 89.3 Å². The molecule has 1 aliphatic rings. The average Bonchev–Trinajstić information content (AvgIpc) is 2.88. The van der Waals surface area contributed by atoms with E-state index in [0.717, 1.165) is 12.8 Å². The largest absolute Gasteiger partial charge is 0.372 e. The summed E-state index contributed by atoms with van der Waals surface area (Å²) < 4.78 is 22.8. The van der Waals surface area contributed by atoms with Crippen molar-refractivity contribution in [2.24, 2.45) is 11.8 Å². The summed E-state index contributed by atoms with van der Waals surface area (Å²) in [5.74, 6) is 0.638. The second kappa shape index (κ2) is 11.9. The van der Waals surface area contributed by atoms with Gasteiger partial charge in [0, 0.05) is 25.3 Å². The van der Waals surface area contributed by atoms with Crippen molar-refractivity contribution in [3.8, 4) is 0 Å². The maximum atomic E-state index is 13.0. The number of ether oxygens (including phenoxy) is 1. The monoisotopic (exact) mass is 402 g/mol. The highest BCUT2D eigenvalue weighted by Gasteiger charge is 2.41. The van der Waals surface area contributed by atoms with E-state index in [-0.39, 0.29) is 37.0 Å². The molecule has 1 fully saturated rings. The van der Waals surface area contributed by atoms with Gasteiger partial charge in [-0.3, -0.25) is 9.46 Å². The van der Waals surface area contributed by atoms with Gasteiger partial charge < -0.3 is 9.26 Å². The van der Waals surface area contributed by atoms with Gasteiger partial charge in [0.1, 0.15) is 14.1 Å². The summed E-state index contributed by atoms with van der Waals surface area (Å²) in [5.41, 5.74) is 0. The van der Waals surface area contributed by atoms with Crippen molar-refractivity contribution in [1.29, 1.82) is 0 Å². The molecule has 4 nitrogen and oxygen atoms in total. The molecule has 0 bridgehead atoms. The van der Waals surface area contributed by atoms with Gasteiger partial charge >= 0.3 is 0 Å². The van der Waals surface area contributed by atoms with Crippen LogP contribution in [-0.4, -0.2) is 47.0 Å². The molecule has 0 aromatic rings. The van der Waals surface area contributed by atoms with Crippen molar-refractivity contribution in [3.05, 3.63) is 0 Å². The lowest BCUT2D eigenvalue weighted by molar-refractivity contribution is -0.120. The fourth-order valence-corrected chi connectivity index (χ4v) is 6.39. The van der Waals surface area contributed by atoms with Crippen LogP contribution in [0, 0.1) is 11.8 Å². The van der Waals surface area contributed by atoms with Crippen LogP contribution in [0.4, 0.5) is 0 Å². The van der Waals surface area contributed by atoms with Gasteiger partial charge in [0.25, 0.3) is 0 Å². The normalized spacial score (nSPS) is 28.8. The van der Waals surface area contributed by atoms with Crippen molar-refractivity contribution < 1.29 is 15.4 Å². The third kappa shape index (κ3) is 7.38. The van der Waals surface area contributed by atoms with Gasteiger partial charge in [-0.2, -0.15) is 0 Å². The third-order valence-electron chi connectivity index (χ3n) is 5.66. The van der Waals surface area contributed by atoms with E-state index in [9.17, 15) is 4.79 Å². The molecule has 0 saturated carbocycles. The Bertz CT molecular complexity index is 455. The van der Waals surface area contributed by atoms with Gasteiger partial charge in [-0.05, 0) is 47.9 Å². The minimum Gasteiger partial charge on any atom is -0.372 e. The van der Waals surface area contributed by atoms with Crippen LogP contribution in [0.25, 0.3) is 0 Å². The smallest absolute Gasteiger partial charge is 0.143 e. The number of unbranched alkanes of at least 4 members (excludes halogenated alkanes) is 2. The molecule has 27 heavy (non-hydrogen) atoms. The lowest BCUT2D eigenvalue weighted by atomic mass is 10.00. The first-order valence-electron chi connectivity index (χ1n) is 11.5. The first-order chi connectivity index (χ1) is 13.1. The Balaban J connectivity index is 2.94. The summed E-state index contributed by atoms with van der Waals surface area (Å²) in [6, 6.07) is 0.609. The van der Waals surface area contributed by atoms with Crippen LogP contribution in [0.15, 0.2) is 0 Å². The van der Waals surface area contributed by atoms with Crippen molar-refractivity contribution in [2.45, 2.75) is 118 Å². The number of rotatable bonds is 12. The van der Waals surface area contributed by atoms with Crippen LogP contribution < -0.4 is 0 Å². The van der Waals surface area contributed by atoms with Crippen LogP contribution in [0.5, 0.6) is 0 Å². The third-order valence-corrected chi connectivity index (χ3v) is 8.16. The summed E-state index contributed by atoms with van der Waals surface area (Å²) >= 11 is 0. The molecule has 0 N–H and O–H groups in total. The van der Waals surface area contributed by atoms with E-state index in [2.05, 4.69) is 60.1 Å². The lowest BCUT2D eigenvalue weighted by Crippen LogP contribution is -2.38. The second-order valence-electron chi connectivity index (χ2n) is 8.75. The van der Waals surface area contributed by atoms with Crippen molar-refractivity contribution in [1.82, 2.24) is 4.67 Å². The van der Waals surface area contributed by atoms with Gasteiger partial charge in [0.15, 0.2) is 0 Å². The number of ketones is 1. The highest BCUT2D eigenvalue weighted by molar-refractivity contribution is 7.51. The number of hydrogen-bond donors (Lipinski definition) is 0. The Hall–Kier alpha value is -0.0200. The summed E-state index contributed by atoms with van der Waals surface area (Å²) in [5, 5.41) is 0. The van der Waals surface area contributed by atoms with E-state index in [1.165, 1.54) is 12.8 Å². The number of nitrogens with zero attached hydrogens (tertiary/aromatic N) is 1. The quantitative estimate of drug-likeness (QED) is 0.295. The molecule has 5 heteroatoms. The summed E-state index contributed by atoms with van der Waals surface area (Å²) in [6.45, 7) is 17.4. The predicted octanol–water partition coefficient (Wildman–Crippen LogP) is 6.03. The van der Waals surface area contributed by atoms with Crippen molar-refractivity contribution in [3.63, 3.8) is 0 Å². The molecule has 2 unspecified atom stereocenters. The first kappa shape index (κ1) is 23.3. The van der Waals surface area contributed by atoms with Crippen LogP contribution in [-0.2, 0) is 14.1 Å². The number of carbonyl (C=O) groups is 1. The fraction of sp³-hybridized carbons (Fsp3) is 0.955. The molecule has 0 aliphatic carbocycles. The van der Waals surface area contributed by atoms with E-state index in [0.29, 0.717) is 24.0 Å². The van der Waals surface area contributed by atoms with E-state index < -0.39 is 8.30 Å². The zero-order valence-corrected chi connectivity index (χ0v) is 19.8. The number of Topliss-reactive ketones (excluding diaryl/α,β-unsaturated/α-hetero) is 1. The predicted molar refractivity (Wildman–Crippen MR) is 116 cm³/mol. The van der Waals surface area contributed by atoms with Gasteiger partial charge in [-0.15, -0.1) is 0 Å². The Morgan fingerprint density at radius 1 is 1.15 bits per heavy atom. The standard InChI is InChI=1S/C22H44NO3P/c1-10-11-12-13-17(6)21(24)14-27(23(15(2)3)16(4)5)26-22-18(7)19(8)25-20(22)9/h15-20,22H,10-14H2,1-9H3/t17?,18-,19-,20+,22-,27?/m0/s1/i9D. The fourth-order valence-electron chi connectivity index (χ4n) is 3.82. The molecule has 1 rings (SSSR count). The van der Waals surface area contributed by atoms with Crippen LogP contribution >= 0.6 is 8.30 Å². The topological polar surface area (TPSA) is 38.8 Å². The summed E-state index contributed by atoms with van der Waals surface area (Å²) in [7, 11) is -1.06. The SMILES string of the molecule is [2H]C[C@H]1O[C@@H](C)[C@H](C)[C@@H]1OP(CC(=O)C(C)CCCCC)N(C(C)C)C(C)C. The van der Waals surface area contributed by atoms with E-state index in [1.807, 2.05) is 0 Å². The Kier molecular flexibility index (Phi) is 10.2. The average molecular weight is 403 g/mol. The van der Waals surface area contributed by atoms with E-state index in [1.54, 1.807) is 0 Å². The van der Waals surface area contributed by atoms with Gasteiger partial charge in [-0.1, -0.05) is 40.0 Å². The van der Waals surface area contributed by atoms with Gasteiger partial charge in [0.2, 0.25) is 0 Å². The Morgan fingerprint density at radius 3 is 2.30 bits per heavy atom. The van der Waals surface area contributed by atoms with E-state index in [4.69, 9.17) is 10.6 Å². The molecular formula is C22H44NO3P. The zero-order chi connectivity index (χ0) is 21.4. The van der Waals surface area contributed by atoms with Crippen molar-refractivity contribution >= 4 is 14.1 Å². The van der Waals surface area contributed by atoms with Crippen LogP contribution in [0.2, 0.25) is 0 Å². The molecule has 160 valence electrons. The maximum absolute atomic E-state index is 13.0. The van der Waals surface area contributed by atoms with Gasteiger partial charge in [-0.25, -0.2) is 0 Å². The molecule has 0 aromatic carbocycles. The molecule has 1 aliphatic heterocycles. The minimum atomic E-state index is -1.06. The molecule has 1 saturated heterocycles. The first-order valence-corrected chi connectivity index (χ1v) is 12.2. The lowest BCUT2D eigenvalue weighted by Gasteiger charge is -2.39. The Labute approximate surface area is 171 Å². The van der Waals surface area contributed by atoms with Crippen LogP contribution in [0.3, 0.4) is 0 Å².